The van der Waals surface area contributed by atoms with E-state index in [0.717, 1.165) is 0 Å². The number of esters is 1. The van der Waals surface area contributed by atoms with E-state index in [0.29, 0.717) is 11.5 Å². The summed E-state index contributed by atoms with van der Waals surface area (Å²) in [6.45, 7) is 3.12. The molecule has 0 aromatic heterocycles. The number of rotatable bonds is 5. The summed E-state index contributed by atoms with van der Waals surface area (Å²) in [6.07, 6.45) is 0. The first-order valence-corrected chi connectivity index (χ1v) is 5.98. The highest BCUT2D eigenvalue weighted by molar-refractivity contribution is 6.00. The van der Waals surface area contributed by atoms with Gasteiger partial charge in [-0.3, -0.25) is 4.79 Å². The number of ether oxygens (including phenoxy) is 3. The van der Waals surface area contributed by atoms with E-state index in [2.05, 4.69) is 10.1 Å². The molecule has 0 saturated carbocycles. The van der Waals surface area contributed by atoms with Gasteiger partial charge in [0.1, 0.15) is 17.0 Å². The van der Waals surface area contributed by atoms with Crippen molar-refractivity contribution in [3.05, 3.63) is 23.8 Å². The molecule has 0 unspecified atom stereocenters. The van der Waals surface area contributed by atoms with Crippen LogP contribution in [-0.2, 0) is 9.53 Å². The lowest BCUT2D eigenvalue weighted by Crippen LogP contribution is -2.50. The minimum Gasteiger partial charge on any atom is -0.497 e. The zero-order valence-corrected chi connectivity index (χ0v) is 12.3. The van der Waals surface area contributed by atoms with Crippen LogP contribution < -0.4 is 14.8 Å². The van der Waals surface area contributed by atoms with Crippen molar-refractivity contribution < 1.29 is 23.8 Å². The molecule has 0 atom stereocenters. The van der Waals surface area contributed by atoms with Gasteiger partial charge in [0.25, 0.3) is 5.91 Å². The lowest BCUT2D eigenvalue weighted by Gasteiger charge is -2.23. The first kappa shape index (κ1) is 15.8. The number of hydrogen-bond donors (Lipinski definition) is 1. The normalized spacial score (nSPS) is 10.7. The third-order valence-electron chi connectivity index (χ3n) is 2.77. The first-order valence-electron chi connectivity index (χ1n) is 5.98. The molecule has 1 rings (SSSR count). The summed E-state index contributed by atoms with van der Waals surface area (Å²) in [6, 6.07) is 4.85. The standard InChI is InChI=1S/C14H19NO5/c1-14(2,13(17)20-5)15-12(16)10-8-9(18-3)6-7-11(10)19-4/h6-8H,1-5H3,(H,15,16). The van der Waals surface area contributed by atoms with Gasteiger partial charge < -0.3 is 19.5 Å². The van der Waals surface area contributed by atoms with Gasteiger partial charge in [0, 0.05) is 0 Å². The molecule has 6 nitrogen and oxygen atoms in total. The van der Waals surface area contributed by atoms with E-state index in [4.69, 9.17) is 9.47 Å². The highest BCUT2D eigenvalue weighted by atomic mass is 16.5. The van der Waals surface area contributed by atoms with Crippen LogP contribution in [0.5, 0.6) is 11.5 Å². The fraction of sp³-hybridized carbons (Fsp3) is 0.429. The molecule has 1 aromatic carbocycles. The number of carbonyl (C=O) groups is 2. The van der Waals surface area contributed by atoms with Crippen LogP contribution in [0, 0.1) is 0 Å². The molecule has 0 heterocycles. The van der Waals surface area contributed by atoms with E-state index in [1.807, 2.05) is 0 Å². The smallest absolute Gasteiger partial charge is 0.330 e. The van der Waals surface area contributed by atoms with Crippen LogP contribution in [0.4, 0.5) is 0 Å². The predicted molar refractivity (Wildman–Crippen MR) is 73.1 cm³/mol. The minimum absolute atomic E-state index is 0.281. The maximum absolute atomic E-state index is 12.3. The summed E-state index contributed by atoms with van der Waals surface area (Å²) in [5, 5.41) is 2.60. The number of amides is 1. The molecule has 1 N–H and O–H groups in total. The summed E-state index contributed by atoms with van der Waals surface area (Å²) in [4.78, 5) is 23.9. The molecule has 0 fully saturated rings. The van der Waals surface area contributed by atoms with Gasteiger partial charge in [-0.15, -0.1) is 0 Å². The number of methoxy groups -OCH3 is 3. The lowest BCUT2D eigenvalue weighted by atomic mass is 10.0. The van der Waals surface area contributed by atoms with Crippen molar-refractivity contribution in [2.75, 3.05) is 21.3 Å². The third kappa shape index (κ3) is 3.40. The van der Waals surface area contributed by atoms with E-state index in [9.17, 15) is 9.59 Å². The largest absolute Gasteiger partial charge is 0.497 e. The summed E-state index contributed by atoms with van der Waals surface area (Å²) < 4.78 is 14.9. The van der Waals surface area contributed by atoms with Crippen LogP contribution in [0.25, 0.3) is 0 Å². The van der Waals surface area contributed by atoms with E-state index in [-0.39, 0.29) is 5.56 Å². The summed E-state index contributed by atoms with van der Waals surface area (Å²) in [5.41, 5.74) is -0.858. The Morgan fingerprint density at radius 1 is 1.10 bits per heavy atom. The van der Waals surface area contributed by atoms with Gasteiger partial charge in [0.2, 0.25) is 0 Å². The van der Waals surface area contributed by atoms with Gasteiger partial charge in [-0.05, 0) is 32.0 Å². The molecule has 1 aromatic rings. The Morgan fingerprint density at radius 3 is 2.25 bits per heavy atom. The highest BCUT2D eigenvalue weighted by Gasteiger charge is 2.31. The van der Waals surface area contributed by atoms with E-state index < -0.39 is 17.4 Å². The van der Waals surface area contributed by atoms with Crippen molar-refractivity contribution in [2.45, 2.75) is 19.4 Å². The van der Waals surface area contributed by atoms with Gasteiger partial charge >= 0.3 is 5.97 Å². The van der Waals surface area contributed by atoms with Gasteiger partial charge in [0.15, 0.2) is 0 Å². The maximum atomic E-state index is 12.3. The summed E-state index contributed by atoms with van der Waals surface area (Å²) >= 11 is 0. The van der Waals surface area contributed by atoms with Crippen LogP contribution in [0.1, 0.15) is 24.2 Å². The van der Waals surface area contributed by atoms with Gasteiger partial charge in [-0.1, -0.05) is 0 Å². The third-order valence-corrected chi connectivity index (χ3v) is 2.77. The molecule has 1 amide bonds. The Morgan fingerprint density at radius 2 is 1.75 bits per heavy atom. The molecular formula is C14H19NO5. The molecule has 110 valence electrons. The van der Waals surface area contributed by atoms with Crippen LogP contribution in [0.15, 0.2) is 18.2 Å². The number of hydrogen-bond acceptors (Lipinski definition) is 5. The molecule has 20 heavy (non-hydrogen) atoms. The van der Waals surface area contributed by atoms with Gasteiger partial charge in [0.05, 0.1) is 26.9 Å². The molecule has 0 bridgehead atoms. The Bertz CT molecular complexity index is 510. The lowest BCUT2D eigenvalue weighted by molar-refractivity contribution is -0.146. The first-order chi connectivity index (χ1) is 9.35. The predicted octanol–water partition coefficient (Wildman–Crippen LogP) is 1.39. The zero-order valence-electron chi connectivity index (χ0n) is 12.3. The van der Waals surface area contributed by atoms with Gasteiger partial charge in [-0.25, -0.2) is 4.79 Å². The van der Waals surface area contributed by atoms with Crippen LogP contribution in [-0.4, -0.2) is 38.7 Å². The summed E-state index contributed by atoms with van der Waals surface area (Å²) in [7, 11) is 4.23. The second-order valence-corrected chi connectivity index (χ2v) is 4.64. The molecule has 0 aliphatic rings. The minimum atomic E-state index is -1.14. The molecule has 0 aliphatic carbocycles. The topological polar surface area (TPSA) is 73.9 Å². The maximum Gasteiger partial charge on any atom is 0.330 e. The number of carbonyl (C=O) groups excluding carboxylic acids is 2. The van der Waals surface area contributed by atoms with Crippen molar-refractivity contribution in [1.82, 2.24) is 5.32 Å². The van der Waals surface area contributed by atoms with Crippen molar-refractivity contribution in [3.8, 4) is 11.5 Å². The molecule has 0 spiro atoms. The zero-order chi connectivity index (χ0) is 15.3. The van der Waals surface area contributed by atoms with Crippen molar-refractivity contribution in [2.24, 2.45) is 0 Å². The average Bonchev–Trinajstić information content (AvgIpc) is 2.44. The van der Waals surface area contributed by atoms with Crippen molar-refractivity contribution in [1.29, 1.82) is 0 Å². The Labute approximate surface area is 118 Å². The van der Waals surface area contributed by atoms with Gasteiger partial charge in [-0.2, -0.15) is 0 Å². The Hall–Kier alpha value is -2.24. The molecular weight excluding hydrogens is 262 g/mol. The summed E-state index contributed by atoms with van der Waals surface area (Å²) in [5.74, 6) is -0.0698. The molecule has 6 heteroatoms. The second-order valence-electron chi connectivity index (χ2n) is 4.64. The van der Waals surface area contributed by atoms with E-state index in [1.165, 1.54) is 21.3 Å². The van der Waals surface area contributed by atoms with Crippen LogP contribution in [0.3, 0.4) is 0 Å². The average molecular weight is 281 g/mol. The molecule has 0 radical (unpaired) electrons. The monoisotopic (exact) mass is 281 g/mol. The van der Waals surface area contributed by atoms with E-state index in [1.54, 1.807) is 32.0 Å². The SMILES string of the molecule is COC(=O)C(C)(C)NC(=O)c1cc(OC)ccc1OC. The number of benzene rings is 1. The van der Waals surface area contributed by atoms with Crippen LogP contribution in [0.2, 0.25) is 0 Å². The molecule has 0 saturated heterocycles. The fourth-order valence-electron chi connectivity index (χ4n) is 1.65. The highest BCUT2D eigenvalue weighted by Crippen LogP contribution is 2.24. The number of nitrogens with one attached hydrogen (secondary N) is 1. The van der Waals surface area contributed by atoms with E-state index >= 15 is 0 Å². The second kappa shape index (κ2) is 6.27. The van der Waals surface area contributed by atoms with Crippen molar-refractivity contribution >= 4 is 11.9 Å². The quantitative estimate of drug-likeness (QED) is 0.825. The Balaban J connectivity index is 3.05. The Kier molecular flexibility index (Phi) is 4.96. The molecule has 0 aliphatic heterocycles. The van der Waals surface area contributed by atoms with Crippen molar-refractivity contribution in [3.63, 3.8) is 0 Å². The fourth-order valence-corrected chi connectivity index (χ4v) is 1.65. The van der Waals surface area contributed by atoms with Crippen LogP contribution >= 0.6 is 0 Å².